The van der Waals surface area contributed by atoms with Crippen LogP contribution in [0.5, 0.6) is 5.75 Å². The predicted molar refractivity (Wildman–Crippen MR) is 117 cm³/mol. The predicted octanol–water partition coefficient (Wildman–Crippen LogP) is 2.22. The molecule has 1 saturated heterocycles. The molecule has 166 valence electrons. The molecule has 0 saturated carbocycles. The summed E-state index contributed by atoms with van der Waals surface area (Å²) in [7, 11) is -2.19. The molecule has 0 bridgehead atoms. The molecule has 2 N–H and O–H groups in total. The highest BCUT2D eigenvalue weighted by atomic mass is 32.2. The zero-order chi connectivity index (χ0) is 22.6. The van der Waals surface area contributed by atoms with Gasteiger partial charge in [0.05, 0.1) is 12.0 Å². The van der Waals surface area contributed by atoms with Crippen molar-refractivity contribution in [2.45, 2.75) is 37.6 Å². The van der Waals surface area contributed by atoms with E-state index in [0.717, 1.165) is 5.56 Å². The van der Waals surface area contributed by atoms with Crippen LogP contribution in [-0.2, 0) is 19.6 Å². The summed E-state index contributed by atoms with van der Waals surface area (Å²) in [6.45, 7) is 4.06. The van der Waals surface area contributed by atoms with Gasteiger partial charge in [0.25, 0.3) is 0 Å². The van der Waals surface area contributed by atoms with Gasteiger partial charge in [-0.25, -0.2) is 8.42 Å². The second-order valence-corrected chi connectivity index (χ2v) is 9.44. The number of carbonyl (C=O) groups is 2. The fourth-order valence-corrected chi connectivity index (χ4v) is 5.62. The Morgan fingerprint density at radius 1 is 1.13 bits per heavy atom. The minimum absolute atomic E-state index is 0.0639. The number of nitrogens with zero attached hydrogens (tertiary/aromatic N) is 1. The molecule has 0 radical (unpaired) electrons. The number of ether oxygens (including phenoxy) is 1. The van der Waals surface area contributed by atoms with Crippen LogP contribution in [-0.4, -0.2) is 50.8 Å². The van der Waals surface area contributed by atoms with Crippen molar-refractivity contribution in [1.29, 1.82) is 0 Å². The fraction of sp³-hybridized carbons (Fsp3) is 0.364. The van der Waals surface area contributed by atoms with Crippen molar-refractivity contribution >= 4 is 27.5 Å². The molecule has 0 unspecified atom stereocenters. The Bertz CT molecular complexity index is 1080. The van der Waals surface area contributed by atoms with Gasteiger partial charge in [0.1, 0.15) is 5.75 Å². The summed E-state index contributed by atoms with van der Waals surface area (Å²) in [4.78, 5) is 24.7. The van der Waals surface area contributed by atoms with E-state index in [1.54, 1.807) is 43.3 Å². The molecule has 0 spiro atoms. The number of carbonyl (C=O) groups excluding carboxylic acids is 2. The average molecular weight is 446 g/mol. The standard InChI is InChI=1S/C22H27N3O5S/c1-15-9-10-16(2)20(12-15)31(28,29)25-11-5-7-18(25)14-23-21(26)22(27)24-17-6-4-8-19(13-17)30-3/h4,6,8-10,12-13,18H,5,7,11,14H2,1-3H3,(H,23,26)(H,24,27)/t18-/m0/s1. The van der Waals surface area contributed by atoms with Crippen LogP contribution < -0.4 is 15.4 Å². The third-order valence-corrected chi connectivity index (χ3v) is 7.38. The summed E-state index contributed by atoms with van der Waals surface area (Å²) in [5.41, 5.74) is 1.97. The maximum absolute atomic E-state index is 13.2. The van der Waals surface area contributed by atoms with Crippen molar-refractivity contribution in [1.82, 2.24) is 9.62 Å². The Hall–Kier alpha value is -2.91. The molecule has 1 atom stereocenters. The number of rotatable bonds is 6. The second-order valence-electron chi connectivity index (χ2n) is 7.58. The zero-order valence-corrected chi connectivity index (χ0v) is 18.7. The van der Waals surface area contributed by atoms with Crippen molar-refractivity contribution in [3.8, 4) is 5.75 Å². The van der Waals surface area contributed by atoms with Crippen LogP contribution in [0.3, 0.4) is 0 Å². The summed E-state index contributed by atoms with van der Waals surface area (Å²) in [6, 6.07) is 11.6. The highest BCUT2D eigenvalue weighted by Gasteiger charge is 2.36. The largest absolute Gasteiger partial charge is 0.497 e. The molecule has 8 nitrogen and oxygen atoms in total. The summed E-state index contributed by atoms with van der Waals surface area (Å²) in [5.74, 6) is -1.09. The molecule has 9 heteroatoms. The van der Waals surface area contributed by atoms with Crippen molar-refractivity contribution in [3.63, 3.8) is 0 Å². The molecular formula is C22H27N3O5S. The maximum atomic E-state index is 13.2. The Labute approximate surface area is 182 Å². The van der Waals surface area contributed by atoms with Gasteiger partial charge in [-0.1, -0.05) is 18.2 Å². The summed E-state index contributed by atoms with van der Waals surface area (Å²) in [6.07, 6.45) is 1.31. The van der Waals surface area contributed by atoms with Gasteiger partial charge in [-0.3, -0.25) is 9.59 Å². The van der Waals surface area contributed by atoms with E-state index in [0.29, 0.717) is 36.4 Å². The lowest BCUT2D eigenvalue weighted by atomic mass is 10.2. The van der Waals surface area contributed by atoms with Gasteiger partial charge in [-0.15, -0.1) is 0 Å². The Morgan fingerprint density at radius 3 is 2.65 bits per heavy atom. The van der Waals surface area contributed by atoms with E-state index in [-0.39, 0.29) is 11.4 Å². The number of hydrogen-bond donors (Lipinski definition) is 2. The minimum Gasteiger partial charge on any atom is -0.497 e. The van der Waals surface area contributed by atoms with Crippen LogP contribution in [0.1, 0.15) is 24.0 Å². The number of benzene rings is 2. The first-order valence-corrected chi connectivity index (χ1v) is 11.5. The SMILES string of the molecule is COc1cccc(NC(=O)C(=O)NC[C@@H]2CCCN2S(=O)(=O)c2cc(C)ccc2C)c1. The molecule has 1 fully saturated rings. The molecule has 0 aliphatic carbocycles. The first-order valence-electron chi connectivity index (χ1n) is 10.0. The lowest BCUT2D eigenvalue weighted by molar-refractivity contribution is -0.136. The molecule has 0 aromatic heterocycles. The number of methoxy groups -OCH3 is 1. The van der Waals surface area contributed by atoms with E-state index < -0.39 is 27.9 Å². The van der Waals surface area contributed by atoms with E-state index in [9.17, 15) is 18.0 Å². The first-order chi connectivity index (χ1) is 14.7. The van der Waals surface area contributed by atoms with Crippen LogP contribution in [0, 0.1) is 13.8 Å². The monoisotopic (exact) mass is 445 g/mol. The highest BCUT2D eigenvalue weighted by Crippen LogP contribution is 2.28. The van der Waals surface area contributed by atoms with Crippen LogP contribution >= 0.6 is 0 Å². The number of amides is 2. The summed E-state index contributed by atoms with van der Waals surface area (Å²) >= 11 is 0. The number of sulfonamides is 1. The fourth-order valence-electron chi connectivity index (χ4n) is 3.62. The third-order valence-electron chi connectivity index (χ3n) is 5.29. The Kier molecular flexibility index (Phi) is 6.97. The van der Waals surface area contributed by atoms with Gasteiger partial charge in [-0.05, 0) is 56.0 Å². The average Bonchev–Trinajstić information content (AvgIpc) is 3.23. The van der Waals surface area contributed by atoms with E-state index in [2.05, 4.69) is 10.6 Å². The topological polar surface area (TPSA) is 105 Å². The summed E-state index contributed by atoms with van der Waals surface area (Å²) < 4.78 is 33.0. The Morgan fingerprint density at radius 2 is 1.90 bits per heavy atom. The van der Waals surface area contributed by atoms with E-state index in [1.807, 2.05) is 13.0 Å². The van der Waals surface area contributed by atoms with Gasteiger partial charge in [0, 0.05) is 30.9 Å². The lowest BCUT2D eigenvalue weighted by Crippen LogP contribution is -2.45. The third kappa shape index (κ3) is 5.23. The number of nitrogens with one attached hydrogen (secondary N) is 2. The van der Waals surface area contributed by atoms with Gasteiger partial charge in [-0.2, -0.15) is 4.31 Å². The molecular weight excluding hydrogens is 418 g/mol. The molecule has 1 heterocycles. The van der Waals surface area contributed by atoms with Crippen LogP contribution in [0.15, 0.2) is 47.4 Å². The van der Waals surface area contributed by atoms with Gasteiger partial charge in [0.2, 0.25) is 10.0 Å². The van der Waals surface area contributed by atoms with E-state index in [1.165, 1.54) is 11.4 Å². The van der Waals surface area contributed by atoms with Crippen molar-refractivity contribution in [2.24, 2.45) is 0 Å². The Balaban J connectivity index is 1.64. The summed E-state index contributed by atoms with van der Waals surface area (Å²) in [5, 5.41) is 5.07. The second kappa shape index (κ2) is 9.49. The number of aryl methyl sites for hydroxylation is 2. The molecule has 1 aliphatic rings. The van der Waals surface area contributed by atoms with E-state index in [4.69, 9.17) is 4.74 Å². The van der Waals surface area contributed by atoms with Gasteiger partial charge < -0.3 is 15.4 Å². The van der Waals surface area contributed by atoms with Crippen molar-refractivity contribution in [3.05, 3.63) is 53.6 Å². The van der Waals surface area contributed by atoms with Crippen LogP contribution in [0.2, 0.25) is 0 Å². The quantitative estimate of drug-likeness (QED) is 0.664. The molecule has 2 aromatic carbocycles. The molecule has 2 amide bonds. The van der Waals surface area contributed by atoms with E-state index >= 15 is 0 Å². The van der Waals surface area contributed by atoms with Crippen LogP contribution in [0.4, 0.5) is 5.69 Å². The number of anilines is 1. The molecule has 3 rings (SSSR count). The smallest absolute Gasteiger partial charge is 0.313 e. The normalized spacial score (nSPS) is 16.7. The van der Waals surface area contributed by atoms with Crippen LogP contribution in [0.25, 0.3) is 0 Å². The van der Waals surface area contributed by atoms with Gasteiger partial charge >= 0.3 is 11.8 Å². The molecule has 31 heavy (non-hydrogen) atoms. The number of hydrogen-bond acceptors (Lipinski definition) is 5. The first kappa shape index (κ1) is 22.8. The minimum atomic E-state index is -3.70. The lowest BCUT2D eigenvalue weighted by Gasteiger charge is -2.25. The highest BCUT2D eigenvalue weighted by molar-refractivity contribution is 7.89. The molecule has 2 aromatic rings. The van der Waals surface area contributed by atoms with Gasteiger partial charge in [0.15, 0.2) is 0 Å². The molecule has 1 aliphatic heterocycles. The maximum Gasteiger partial charge on any atom is 0.313 e. The zero-order valence-electron chi connectivity index (χ0n) is 17.8. The van der Waals surface area contributed by atoms with Crippen molar-refractivity contribution in [2.75, 3.05) is 25.5 Å². The van der Waals surface area contributed by atoms with Crippen molar-refractivity contribution < 1.29 is 22.7 Å².